The van der Waals surface area contributed by atoms with Crippen molar-refractivity contribution in [2.75, 3.05) is 13.2 Å². The summed E-state index contributed by atoms with van der Waals surface area (Å²) < 4.78 is 5.19. The van der Waals surface area contributed by atoms with Crippen LogP contribution < -0.4 is 5.32 Å². The van der Waals surface area contributed by atoms with Crippen molar-refractivity contribution in [3.05, 3.63) is 66.1 Å². The Kier molecular flexibility index (Phi) is 4.76. The molecule has 0 bridgehead atoms. The summed E-state index contributed by atoms with van der Waals surface area (Å²) in [6.45, 7) is 0.763. The predicted molar refractivity (Wildman–Crippen MR) is 72.0 cm³/mol. The van der Waals surface area contributed by atoms with E-state index in [1.165, 1.54) is 0 Å². The van der Waals surface area contributed by atoms with Crippen molar-refractivity contribution in [1.82, 2.24) is 5.32 Å². The van der Waals surface area contributed by atoms with Gasteiger partial charge < -0.3 is 14.8 Å². The lowest BCUT2D eigenvalue weighted by molar-refractivity contribution is 0.248. The molecule has 0 saturated heterocycles. The van der Waals surface area contributed by atoms with Gasteiger partial charge in [-0.05, 0) is 23.8 Å². The van der Waals surface area contributed by atoms with Crippen LogP contribution in [0.4, 0.5) is 0 Å². The number of rotatable bonds is 6. The highest BCUT2D eigenvalue weighted by atomic mass is 16.3. The van der Waals surface area contributed by atoms with Crippen molar-refractivity contribution in [1.29, 1.82) is 0 Å². The standard InChI is InChI=1S/C15H17NO2/c17-12-15(13-6-2-1-3-7-13)16-10-4-8-14-9-5-11-18-14/h1-9,11,15-17H,10,12H2/b8-4+. The molecule has 0 spiro atoms. The number of nitrogens with one attached hydrogen (secondary N) is 1. The normalized spacial score (nSPS) is 12.9. The van der Waals surface area contributed by atoms with Crippen molar-refractivity contribution in [2.24, 2.45) is 0 Å². The molecule has 1 aromatic heterocycles. The molecule has 0 amide bonds. The summed E-state index contributed by atoms with van der Waals surface area (Å²) in [7, 11) is 0. The number of aliphatic hydroxyl groups excluding tert-OH is 1. The average molecular weight is 243 g/mol. The third-order valence-electron chi connectivity index (χ3n) is 2.69. The Balaban J connectivity index is 1.85. The van der Waals surface area contributed by atoms with Crippen LogP contribution in [0.5, 0.6) is 0 Å². The van der Waals surface area contributed by atoms with Crippen LogP contribution in [0.1, 0.15) is 17.4 Å². The van der Waals surface area contributed by atoms with Crippen molar-refractivity contribution >= 4 is 6.08 Å². The molecule has 1 atom stereocenters. The van der Waals surface area contributed by atoms with E-state index in [2.05, 4.69) is 5.32 Å². The van der Waals surface area contributed by atoms with Crippen molar-refractivity contribution in [2.45, 2.75) is 6.04 Å². The first-order valence-corrected chi connectivity index (χ1v) is 5.99. The Hall–Kier alpha value is -1.84. The fourth-order valence-electron chi connectivity index (χ4n) is 1.74. The topological polar surface area (TPSA) is 45.4 Å². The number of hydrogen-bond acceptors (Lipinski definition) is 3. The van der Waals surface area contributed by atoms with Gasteiger partial charge in [0.15, 0.2) is 0 Å². The van der Waals surface area contributed by atoms with E-state index in [0.29, 0.717) is 6.54 Å². The summed E-state index contributed by atoms with van der Waals surface area (Å²) in [5.74, 6) is 0.831. The molecule has 0 aliphatic rings. The zero-order valence-electron chi connectivity index (χ0n) is 10.1. The molecule has 0 aliphatic carbocycles. The van der Waals surface area contributed by atoms with Gasteiger partial charge in [-0.2, -0.15) is 0 Å². The summed E-state index contributed by atoms with van der Waals surface area (Å²) in [6.07, 6.45) is 5.53. The SMILES string of the molecule is OCC(NC/C=C/c1ccco1)c1ccccc1. The molecule has 1 aromatic carbocycles. The molecule has 1 heterocycles. The summed E-state index contributed by atoms with van der Waals surface area (Å²) in [4.78, 5) is 0. The predicted octanol–water partition coefficient (Wildman–Crippen LogP) is 2.62. The van der Waals surface area contributed by atoms with Crippen molar-refractivity contribution in [3.8, 4) is 0 Å². The van der Waals surface area contributed by atoms with Gasteiger partial charge in [-0.25, -0.2) is 0 Å². The van der Waals surface area contributed by atoms with Crippen LogP contribution in [0.2, 0.25) is 0 Å². The highest BCUT2D eigenvalue weighted by molar-refractivity contribution is 5.42. The van der Waals surface area contributed by atoms with Gasteiger partial charge in [-0.3, -0.25) is 0 Å². The molecule has 3 nitrogen and oxygen atoms in total. The lowest BCUT2D eigenvalue weighted by Gasteiger charge is -2.15. The van der Waals surface area contributed by atoms with E-state index in [1.807, 2.05) is 54.6 Å². The van der Waals surface area contributed by atoms with Gasteiger partial charge in [0, 0.05) is 6.54 Å². The van der Waals surface area contributed by atoms with Crippen LogP contribution in [0.3, 0.4) is 0 Å². The highest BCUT2D eigenvalue weighted by Crippen LogP contribution is 2.11. The van der Waals surface area contributed by atoms with Crippen molar-refractivity contribution in [3.63, 3.8) is 0 Å². The molecule has 2 aromatic rings. The molecule has 0 radical (unpaired) electrons. The second-order valence-electron chi connectivity index (χ2n) is 3.97. The molecule has 3 heteroatoms. The first kappa shape index (κ1) is 12.6. The van der Waals surface area contributed by atoms with Gasteiger partial charge >= 0.3 is 0 Å². The smallest absolute Gasteiger partial charge is 0.126 e. The molecule has 0 fully saturated rings. The molecular weight excluding hydrogens is 226 g/mol. The zero-order chi connectivity index (χ0) is 12.6. The van der Waals surface area contributed by atoms with Gasteiger partial charge in [0.25, 0.3) is 0 Å². The van der Waals surface area contributed by atoms with E-state index in [4.69, 9.17) is 4.42 Å². The van der Waals surface area contributed by atoms with E-state index in [9.17, 15) is 5.11 Å². The van der Waals surface area contributed by atoms with Gasteiger partial charge in [0.1, 0.15) is 5.76 Å². The third kappa shape index (κ3) is 3.58. The van der Waals surface area contributed by atoms with Crippen molar-refractivity contribution < 1.29 is 9.52 Å². The van der Waals surface area contributed by atoms with Gasteiger partial charge in [0.2, 0.25) is 0 Å². The quantitative estimate of drug-likeness (QED) is 0.819. The minimum Gasteiger partial charge on any atom is -0.465 e. The molecule has 2 rings (SSSR count). The second-order valence-corrected chi connectivity index (χ2v) is 3.97. The third-order valence-corrected chi connectivity index (χ3v) is 2.69. The zero-order valence-corrected chi connectivity index (χ0v) is 10.1. The fraction of sp³-hybridized carbons (Fsp3) is 0.200. The maximum atomic E-state index is 9.36. The maximum Gasteiger partial charge on any atom is 0.126 e. The average Bonchev–Trinajstić information content (AvgIpc) is 2.93. The van der Waals surface area contributed by atoms with E-state index in [1.54, 1.807) is 6.26 Å². The lowest BCUT2D eigenvalue weighted by Crippen LogP contribution is -2.24. The van der Waals surface area contributed by atoms with Crippen LogP contribution >= 0.6 is 0 Å². The summed E-state index contributed by atoms with van der Waals surface area (Å²) >= 11 is 0. The minimum absolute atomic E-state index is 0.0348. The molecule has 18 heavy (non-hydrogen) atoms. The Labute approximate surface area is 107 Å². The number of aliphatic hydroxyl groups is 1. The Bertz CT molecular complexity index is 463. The molecule has 0 saturated carbocycles. The van der Waals surface area contributed by atoms with Crippen LogP contribution in [-0.4, -0.2) is 18.3 Å². The van der Waals surface area contributed by atoms with E-state index >= 15 is 0 Å². The van der Waals surface area contributed by atoms with E-state index in [0.717, 1.165) is 11.3 Å². The summed E-state index contributed by atoms with van der Waals surface area (Å²) in [5.41, 5.74) is 1.09. The van der Waals surface area contributed by atoms with Gasteiger partial charge in [-0.1, -0.05) is 36.4 Å². The molecule has 94 valence electrons. The maximum absolute atomic E-state index is 9.36. The molecule has 0 aliphatic heterocycles. The van der Waals surface area contributed by atoms with Crippen LogP contribution in [0, 0.1) is 0 Å². The first-order valence-electron chi connectivity index (χ1n) is 5.99. The van der Waals surface area contributed by atoms with Gasteiger partial charge in [-0.15, -0.1) is 0 Å². The fourth-order valence-corrected chi connectivity index (χ4v) is 1.74. The summed E-state index contributed by atoms with van der Waals surface area (Å²) in [5, 5.41) is 12.6. The Morgan fingerprint density at radius 2 is 2.00 bits per heavy atom. The molecular formula is C15H17NO2. The van der Waals surface area contributed by atoms with E-state index < -0.39 is 0 Å². The van der Waals surface area contributed by atoms with Crippen LogP contribution in [0.25, 0.3) is 6.08 Å². The Morgan fingerprint density at radius 3 is 2.67 bits per heavy atom. The first-order chi connectivity index (χ1) is 8.90. The minimum atomic E-state index is -0.0348. The van der Waals surface area contributed by atoms with Crippen LogP contribution in [-0.2, 0) is 0 Å². The summed E-state index contributed by atoms with van der Waals surface area (Å²) in [6, 6.07) is 13.6. The second kappa shape index (κ2) is 6.79. The van der Waals surface area contributed by atoms with Crippen LogP contribution in [0.15, 0.2) is 59.2 Å². The Morgan fingerprint density at radius 1 is 1.17 bits per heavy atom. The largest absolute Gasteiger partial charge is 0.465 e. The lowest BCUT2D eigenvalue weighted by atomic mass is 10.1. The number of benzene rings is 1. The monoisotopic (exact) mass is 243 g/mol. The molecule has 1 unspecified atom stereocenters. The molecule has 2 N–H and O–H groups in total. The highest BCUT2D eigenvalue weighted by Gasteiger charge is 2.07. The van der Waals surface area contributed by atoms with E-state index in [-0.39, 0.29) is 12.6 Å². The number of furan rings is 1. The number of hydrogen-bond donors (Lipinski definition) is 2. The van der Waals surface area contributed by atoms with Gasteiger partial charge in [0.05, 0.1) is 18.9 Å².